The number of hydrogen-bond donors (Lipinski definition) is 1. The molecule has 0 heterocycles. The number of benzene rings is 1. The lowest BCUT2D eigenvalue weighted by Crippen LogP contribution is -2.16. The minimum atomic E-state index is 0.308. The lowest BCUT2D eigenvalue weighted by molar-refractivity contribution is 0.175. The second-order valence-electron chi connectivity index (χ2n) is 8.39. The van der Waals surface area contributed by atoms with Crippen molar-refractivity contribution in [3.63, 3.8) is 0 Å². The van der Waals surface area contributed by atoms with Gasteiger partial charge in [-0.25, -0.2) is 0 Å². The topological polar surface area (TPSA) is 29.5 Å². The van der Waals surface area contributed by atoms with Gasteiger partial charge in [0.2, 0.25) is 0 Å². The summed E-state index contributed by atoms with van der Waals surface area (Å²) in [5.41, 5.74) is 1.02. The van der Waals surface area contributed by atoms with Crippen molar-refractivity contribution >= 4 is 0 Å². The molecule has 0 aliphatic carbocycles. The molecule has 0 saturated heterocycles. The van der Waals surface area contributed by atoms with Crippen LogP contribution >= 0.6 is 0 Å². The Labute approximate surface area is 175 Å². The van der Waals surface area contributed by atoms with Gasteiger partial charge in [0.15, 0.2) is 0 Å². The zero-order chi connectivity index (χ0) is 20.5. The van der Waals surface area contributed by atoms with Crippen LogP contribution in [-0.2, 0) is 6.42 Å². The summed E-state index contributed by atoms with van der Waals surface area (Å²) >= 11 is 0. The van der Waals surface area contributed by atoms with E-state index in [9.17, 15) is 5.11 Å². The molecule has 162 valence electrons. The van der Waals surface area contributed by atoms with Crippen LogP contribution in [0.4, 0.5) is 0 Å². The minimum Gasteiger partial charge on any atom is -0.508 e. The molecule has 2 nitrogen and oxygen atoms in total. The number of ether oxygens (including phenoxy) is 1. The summed E-state index contributed by atoms with van der Waals surface area (Å²) in [6.07, 6.45) is 20.7. The van der Waals surface area contributed by atoms with E-state index in [0.717, 1.165) is 49.8 Å². The zero-order valence-electron chi connectivity index (χ0n) is 19.0. The maximum absolute atomic E-state index is 10.0. The summed E-state index contributed by atoms with van der Waals surface area (Å²) in [6, 6.07) is 5.77. The Balaban J connectivity index is 2.28. The molecule has 0 aromatic heterocycles. The molecule has 0 aliphatic rings. The number of phenolic OH excluding ortho intramolecular Hbond substituents is 1. The van der Waals surface area contributed by atoms with Crippen molar-refractivity contribution in [3.05, 3.63) is 23.8 Å². The van der Waals surface area contributed by atoms with Crippen molar-refractivity contribution < 1.29 is 9.84 Å². The van der Waals surface area contributed by atoms with Crippen LogP contribution in [0.5, 0.6) is 11.5 Å². The Hall–Kier alpha value is -1.18. The summed E-state index contributed by atoms with van der Waals surface area (Å²) in [5, 5.41) is 10.0. The second kappa shape index (κ2) is 16.7. The van der Waals surface area contributed by atoms with Gasteiger partial charge < -0.3 is 9.84 Å². The van der Waals surface area contributed by atoms with Crippen molar-refractivity contribution in [2.75, 3.05) is 0 Å². The van der Waals surface area contributed by atoms with E-state index in [4.69, 9.17) is 4.74 Å². The highest BCUT2D eigenvalue weighted by molar-refractivity contribution is 5.39. The fourth-order valence-electron chi connectivity index (χ4n) is 3.84. The summed E-state index contributed by atoms with van der Waals surface area (Å²) in [5.74, 6) is 1.33. The lowest BCUT2D eigenvalue weighted by atomic mass is 10.0. The van der Waals surface area contributed by atoms with Crippen LogP contribution in [0.1, 0.15) is 123 Å². The fourth-order valence-corrected chi connectivity index (χ4v) is 3.84. The van der Waals surface area contributed by atoms with Gasteiger partial charge in [-0.1, -0.05) is 91.4 Å². The molecule has 0 spiro atoms. The van der Waals surface area contributed by atoms with Crippen LogP contribution in [0.25, 0.3) is 0 Å². The number of aryl methyl sites for hydroxylation is 1. The third-order valence-corrected chi connectivity index (χ3v) is 5.64. The molecule has 2 heteroatoms. The monoisotopic (exact) mass is 390 g/mol. The summed E-state index contributed by atoms with van der Waals surface area (Å²) in [6.45, 7) is 6.70. The predicted octanol–water partition coefficient (Wildman–Crippen LogP) is 8.59. The quantitative estimate of drug-likeness (QED) is 0.254. The van der Waals surface area contributed by atoms with Gasteiger partial charge in [0, 0.05) is 0 Å². The van der Waals surface area contributed by atoms with Crippen LogP contribution in [0.3, 0.4) is 0 Å². The molecule has 0 aliphatic heterocycles. The van der Waals surface area contributed by atoms with E-state index in [-0.39, 0.29) is 0 Å². The van der Waals surface area contributed by atoms with E-state index >= 15 is 0 Å². The van der Waals surface area contributed by atoms with E-state index in [2.05, 4.69) is 20.8 Å². The molecule has 1 aromatic rings. The van der Waals surface area contributed by atoms with Crippen LogP contribution in [0.2, 0.25) is 0 Å². The van der Waals surface area contributed by atoms with Crippen molar-refractivity contribution in [1.29, 1.82) is 0 Å². The third-order valence-electron chi connectivity index (χ3n) is 5.64. The van der Waals surface area contributed by atoms with E-state index in [0.29, 0.717) is 11.9 Å². The van der Waals surface area contributed by atoms with Crippen molar-refractivity contribution in [2.24, 2.45) is 0 Å². The van der Waals surface area contributed by atoms with E-state index in [1.807, 2.05) is 12.1 Å². The smallest absolute Gasteiger partial charge is 0.120 e. The van der Waals surface area contributed by atoms with Gasteiger partial charge in [-0.15, -0.1) is 0 Å². The Morgan fingerprint density at radius 3 is 1.93 bits per heavy atom. The Kier molecular flexibility index (Phi) is 14.9. The number of hydrogen-bond acceptors (Lipinski definition) is 2. The number of phenols is 1. The zero-order valence-corrected chi connectivity index (χ0v) is 19.0. The average molecular weight is 391 g/mol. The molecular weight excluding hydrogens is 344 g/mol. The molecule has 1 unspecified atom stereocenters. The maximum Gasteiger partial charge on any atom is 0.120 e. The van der Waals surface area contributed by atoms with E-state index in [1.54, 1.807) is 6.07 Å². The van der Waals surface area contributed by atoms with Gasteiger partial charge in [-0.3, -0.25) is 0 Å². The molecule has 1 rings (SSSR count). The summed E-state index contributed by atoms with van der Waals surface area (Å²) in [4.78, 5) is 0. The number of unbranched alkanes of at least 4 members (excludes halogenated alkanes) is 10. The Bertz CT molecular complexity index is 483. The first-order valence-electron chi connectivity index (χ1n) is 12.2. The van der Waals surface area contributed by atoms with Crippen LogP contribution < -0.4 is 4.74 Å². The highest BCUT2D eigenvalue weighted by Gasteiger charge is 2.11. The SMILES string of the molecule is CCCCCCCCCCCCC(CCC)Oc1ccc(O)c(CCCC)c1. The molecule has 0 saturated carbocycles. The summed E-state index contributed by atoms with van der Waals surface area (Å²) < 4.78 is 6.30. The number of rotatable bonds is 18. The van der Waals surface area contributed by atoms with E-state index < -0.39 is 0 Å². The molecule has 0 radical (unpaired) electrons. The van der Waals surface area contributed by atoms with Crippen molar-refractivity contribution in [1.82, 2.24) is 0 Å². The van der Waals surface area contributed by atoms with Gasteiger partial charge in [0.05, 0.1) is 6.10 Å². The fraction of sp³-hybridized carbons (Fsp3) is 0.769. The average Bonchev–Trinajstić information content (AvgIpc) is 2.69. The van der Waals surface area contributed by atoms with Gasteiger partial charge in [-0.2, -0.15) is 0 Å². The Morgan fingerprint density at radius 1 is 0.714 bits per heavy atom. The van der Waals surface area contributed by atoms with Crippen LogP contribution in [-0.4, -0.2) is 11.2 Å². The van der Waals surface area contributed by atoms with Crippen molar-refractivity contribution in [2.45, 2.75) is 130 Å². The number of aromatic hydroxyl groups is 1. The molecule has 0 amide bonds. The van der Waals surface area contributed by atoms with Gasteiger partial charge >= 0.3 is 0 Å². The largest absolute Gasteiger partial charge is 0.508 e. The van der Waals surface area contributed by atoms with Crippen LogP contribution in [0, 0.1) is 0 Å². The molecule has 0 bridgehead atoms. The normalized spacial score (nSPS) is 12.2. The highest BCUT2D eigenvalue weighted by Crippen LogP contribution is 2.27. The molecule has 1 N–H and O–H groups in total. The van der Waals surface area contributed by atoms with Gasteiger partial charge in [0.25, 0.3) is 0 Å². The van der Waals surface area contributed by atoms with Crippen LogP contribution in [0.15, 0.2) is 18.2 Å². The maximum atomic E-state index is 10.0. The molecule has 1 atom stereocenters. The minimum absolute atomic E-state index is 0.308. The van der Waals surface area contributed by atoms with Crippen molar-refractivity contribution in [3.8, 4) is 11.5 Å². The predicted molar refractivity (Wildman–Crippen MR) is 123 cm³/mol. The molecular formula is C26H46O2. The third kappa shape index (κ3) is 11.6. The lowest BCUT2D eigenvalue weighted by Gasteiger charge is -2.19. The molecule has 0 fully saturated rings. The molecule has 28 heavy (non-hydrogen) atoms. The summed E-state index contributed by atoms with van der Waals surface area (Å²) in [7, 11) is 0. The first-order chi connectivity index (χ1) is 13.7. The van der Waals surface area contributed by atoms with Gasteiger partial charge in [0.1, 0.15) is 11.5 Å². The highest BCUT2D eigenvalue weighted by atomic mass is 16.5. The second-order valence-corrected chi connectivity index (χ2v) is 8.39. The Morgan fingerprint density at radius 2 is 1.32 bits per heavy atom. The first-order valence-corrected chi connectivity index (χ1v) is 12.2. The standard InChI is InChI=1S/C26H46O2/c1-4-7-9-10-11-12-13-14-15-16-19-24(17-6-3)28-25-20-21-26(27)23(22-25)18-8-5-2/h20-22,24,27H,4-19H2,1-3H3. The molecule has 1 aromatic carbocycles. The van der Waals surface area contributed by atoms with Gasteiger partial charge in [-0.05, 0) is 55.9 Å². The van der Waals surface area contributed by atoms with E-state index in [1.165, 1.54) is 64.2 Å². The first kappa shape index (κ1) is 24.9.